The Labute approximate surface area is 142 Å². The van der Waals surface area contributed by atoms with Crippen molar-refractivity contribution in [2.24, 2.45) is 0 Å². The highest BCUT2D eigenvalue weighted by molar-refractivity contribution is 9.10. The molecule has 1 aromatic rings. The minimum absolute atomic E-state index is 0.0466. The third-order valence-corrected chi connectivity index (χ3v) is 3.27. The molecule has 2 unspecified atom stereocenters. The molecule has 4 N–H and O–H groups in total. The zero-order chi connectivity index (χ0) is 17.8. The smallest absolute Gasteiger partial charge is 0.407 e. The van der Waals surface area contributed by atoms with Crippen molar-refractivity contribution in [2.45, 2.75) is 38.6 Å². The largest absolute Gasteiger partial charge is 0.478 e. The summed E-state index contributed by atoms with van der Waals surface area (Å²) >= 11 is 3.18. The van der Waals surface area contributed by atoms with E-state index in [0.717, 1.165) is 0 Å². The van der Waals surface area contributed by atoms with Gasteiger partial charge in [-0.1, -0.05) is 15.9 Å². The van der Waals surface area contributed by atoms with Crippen LogP contribution in [0.3, 0.4) is 0 Å². The molecule has 0 fully saturated rings. The molecule has 0 aliphatic rings. The molecule has 128 valence electrons. The number of carbonyl (C=O) groups excluding carboxylic acids is 1. The molecule has 23 heavy (non-hydrogen) atoms. The lowest BCUT2D eigenvalue weighted by Crippen LogP contribution is -2.39. The number of carboxylic acid groups (broad SMARTS) is 1. The normalized spacial score (nSPS) is 14.0. The molecule has 0 saturated carbocycles. The maximum atomic E-state index is 11.5. The van der Waals surface area contributed by atoms with Crippen LogP contribution in [0, 0.1) is 0 Å². The fourth-order valence-corrected chi connectivity index (χ4v) is 2.17. The van der Waals surface area contributed by atoms with Gasteiger partial charge in [0.25, 0.3) is 0 Å². The lowest BCUT2D eigenvalue weighted by Gasteiger charge is -2.23. The van der Waals surface area contributed by atoms with Gasteiger partial charge in [-0.3, -0.25) is 0 Å². The highest BCUT2D eigenvalue weighted by Crippen LogP contribution is 2.25. The second kappa shape index (κ2) is 7.76. The van der Waals surface area contributed by atoms with Crippen LogP contribution in [-0.4, -0.2) is 45.6 Å². The molecule has 0 aromatic heterocycles. The van der Waals surface area contributed by atoms with Gasteiger partial charge >= 0.3 is 12.1 Å². The molecular formula is C15H20BrNO6. The number of carboxylic acids is 1. The Morgan fingerprint density at radius 3 is 2.43 bits per heavy atom. The predicted octanol–water partition coefficient (Wildman–Crippen LogP) is 2.07. The number of aliphatic hydroxyl groups is 2. The van der Waals surface area contributed by atoms with Crippen LogP contribution in [0.5, 0.6) is 0 Å². The molecule has 1 aromatic carbocycles. The fraction of sp³-hybridized carbons (Fsp3) is 0.467. The maximum absolute atomic E-state index is 11.5. The number of carbonyl (C=O) groups is 2. The number of nitrogens with one attached hydrogen (secondary N) is 1. The monoisotopic (exact) mass is 389 g/mol. The summed E-state index contributed by atoms with van der Waals surface area (Å²) in [6.45, 7) is 4.79. The van der Waals surface area contributed by atoms with E-state index in [1.165, 1.54) is 18.2 Å². The molecule has 0 aliphatic carbocycles. The maximum Gasteiger partial charge on any atom is 0.407 e. The van der Waals surface area contributed by atoms with Crippen molar-refractivity contribution >= 4 is 28.0 Å². The standard InChI is InChI=1S/C15H20BrNO6/c1-15(2,3)23-14(22)17-7-11(18)12(19)10-6-8(16)4-5-9(10)13(20)21/h4-6,11-12,18-19H,7H2,1-3H3,(H,17,22)(H,20,21). The molecule has 1 rings (SSSR count). The van der Waals surface area contributed by atoms with Crippen molar-refractivity contribution in [3.05, 3.63) is 33.8 Å². The first-order valence-electron chi connectivity index (χ1n) is 6.87. The van der Waals surface area contributed by atoms with E-state index in [0.29, 0.717) is 4.47 Å². The van der Waals surface area contributed by atoms with E-state index in [9.17, 15) is 19.8 Å². The van der Waals surface area contributed by atoms with Crippen LogP contribution in [0.1, 0.15) is 42.8 Å². The van der Waals surface area contributed by atoms with Crippen LogP contribution >= 0.6 is 15.9 Å². The van der Waals surface area contributed by atoms with Crippen molar-refractivity contribution in [3.63, 3.8) is 0 Å². The Morgan fingerprint density at radius 1 is 1.30 bits per heavy atom. The third-order valence-electron chi connectivity index (χ3n) is 2.78. The number of halogens is 1. The summed E-state index contributed by atoms with van der Waals surface area (Å²) in [6, 6.07) is 4.24. The molecule has 1 amide bonds. The number of benzene rings is 1. The Balaban J connectivity index is 2.77. The molecule has 2 atom stereocenters. The molecule has 0 aliphatic heterocycles. The highest BCUT2D eigenvalue weighted by atomic mass is 79.9. The number of rotatable bonds is 5. The first-order valence-corrected chi connectivity index (χ1v) is 7.66. The Morgan fingerprint density at radius 2 is 1.91 bits per heavy atom. The minimum Gasteiger partial charge on any atom is -0.478 e. The van der Waals surface area contributed by atoms with Crippen molar-refractivity contribution in [1.82, 2.24) is 5.32 Å². The molecule has 0 heterocycles. The Kier molecular flexibility index (Phi) is 6.55. The number of aromatic carboxylic acids is 1. The minimum atomic E-state index is -1.48. The van der Waals surface area contributed by atoms with Crippen LogP contribution < -0.4 is 5.32 Å². The van der Waals surface area contributed by atoms with Crippen LogP contribution in [0.25, 0.3) is 0 Å². The van der Waals surface area contributed by atoms with Crippen LogP contribution in [-0.2, 0) is 4.74 Å². The van der Waals surface area contributed by atoms with Gasteiger partial charge in [0.2, 0.25) is 0 Å². The van der Waals surface area contributed by atoms with Crippen molar-refractivity contribution in [1.29, 1.82) is 0 Å². The van der Waals surface area contributed by atoms with Gasteiger partial charge in [-0.25, -0.2) is 9.59 Å². The summed E-state index contributed by atoms with van der Waals surface area (Å²) in [6.07, 6.45) is -3.61. The first kappa shape index (κ1) is 19.4. The number of amides is 1. The molecule has 0 spiro atoms. The highest BCUT2D eigenvalue weighted by Gasteiger charge is 2.25. The quantitative estimate of drug-likeness (QED) is 0.612. The summed E-state index contributed by atoms with van der Waals surface area (Å²) in [5.74, 6) is -1.22. The molecule has 8 heteroatoms. The fourth-order valence-electron chi connectivity index (χ4n) is 1.79. The second-order valence-corrected chi connectivity index (χ2v) is 6.85. The van der Waals surface area contributed by atoms with E-state index in [1.54, 1.807) is 20.8 Å². The van der Waals surface area contributed by atoms with E-state index >= 15 is 0 Å². The van der Waals surface area contributed by atoms with Gasteiger partial charge < -0.3 is 25.4 Å². The summed E-state index contributed by atoms with van der Waals surface area (Å²) in [7, 11) is 0. The van der Waals surface area contributed by atoms with E-state index in [4.69, 9.17) is 9.84 Å². The number of hydrogen-bond donors (Lipinski definition) is 4. The van der Waals surface area contributed by atoms with Gasteiger partial charge in [0.1, 0.15) is 17.8 Å². The summed E-state index contributed by atoms with van der Waals surface area (Å²) < 4.78 is 5.57. The van der Waals surface area contributed by atoms with Gasteiger partial charge in [-0.15, -0.1) is 0 Å². The number of aliphatic hydroxyl groups excluding tert-OH is 2. The van der Waals surface area contributed by atoms with Gasteiger partial charge in [-0.2, -0.15) is 0 Å². The summed E-state index contributed by atoms with van der Waals surface area (Å²) in [5.41, 5.74) is -0.767. The predicted molar refractivity (Wildman–Crippen MR) is 86.3 cm³/mol. The van der Waals surface area contributed by atoms with Crippen molar-refractivity contribution in [3.8, 4) is 0 Å². The third kappa shape index (κ3) is 6.17. The van der Waals surface area contributed by atoms with Gasteiger partial charge in [0, 0.05) is 11.0 Å². The van der Waals surface area contributed by atoms with Crippen LogP contribution in [0.4, 0.5) is 4.79 Å². The van der Waals surface area contributed by atoms with Gasteiger partial charge in [0.05, 0.1) is 5.56 Å². The average Bonchev–Trinajstić information content (AvgIpc) is 2.41. The molecule has 0 saturated heterocycles. The average molecular weight is 390 g/mol. The Hall–Kier alpha value is -1.64. The summed E-state index contributed by atoms with van der Waals surface area (Å²) in [4.78, 5) is 22.7. The molecule has 0 bridgehead atoms. The molecule has 7 nitrogen and oxygen atoms in total. The zero-order valence-corrected chi connectivity index (χ0v) is 14.6. The van der Waals surface area contributed by atoms with Crippen molar-refractivity contribution in [2.75, 3.05) is 6.54 Å². The number of hydrogen-bond acceptors (Lipinski definition) is 5. The van der Waals surface area contributed by atoms with E-state index in [-0.39, 0.29) is 17.7 Å². The first-order chi connectivity index (χ1) is 10.5. The van der Waals surface area contributed by atoms with E-state index < -0.39 is 29.9 Å². The second-order valence-electron chi connectivity index (χ2n) is 5.93. The zero-order valence-electron chi connectivity index (χ0n) is 13.0. The SMILES string of the molecule is CC(C)(C)OC(=O)NCC(O)C(O)c1cc(Br)ccc1C(=O)O. The van der Waals surface area contributed by atoms with Crippen LogP contribution in [0.2, 0.25) is 0 Å². The van der Waals surface area contributed by atoms with Gasteiger partial charge in [-0.05, 0) is 44.5 Å². The van der Waals surface area contributed by atoms with E-state index in [1.807, 2.05) is 0 Å². The number of alkyl carbamates (subject to hydrolysis) is 1. The molecule has 0 radical (unpaired) electrons. The topological polar surface area (TPSA) is 116 Å². The Bertz CT molecular complexity index is 584. The lowest BCUT2D eigenvalue weighted by atomic mass is 9.98. The lowest BCUT2D eigenvalue weighted by molar-refractivity contribution is 0.0120. The van der Waals surface area contributed by atoms with E-state index in [2.05, 4.69) is 21.2 Å². The van der Waals surface area contributed by atoms with Crippen molar-refractivity contribution < 1.29 is 29.6 Å². The number of ether oxygens (including phenoxy) is 1. The molecular weight excluding hydrogens is 370 g/mol. The summed E-state index contributed by atoms with van der Waals surface area (Å²) in [5, 5.41) is 31.6. The van der Waals surface area contributed by atoms with Gasteiger partial charge in [0.15, 0.2) is 0 Å². The van der Waals surface area contributed by atoms with Crippen LogP contribution in [0.15, 0.2) is 22.7 Å².